The van der Waals surface area contributed by atoms with Gasteiger partial charge in [-0.05, 0) is 25.3 Å². The van der Waals surface area contributed by atoms with Crippen LogP contribution in [0.5, 0.6) is 0 Å². The minimum Gasteiger partial charge on any atom is -0.384 e. The van der Waals surface area contributed by atoms with Gasteiger partial charge in [-0.1, -0.05) is 30.3 Å². The van der Waals surface area contributed by atoms with Crippen LogP contribution in [-0.2, 0) is 21.3 Å². The highest BCUT2D eigenvalue weighted by atomic mass is 32.2. The van der Waals surface area contributed by atoms with Crippen LogP contribution in [0.4, 0.5) is 0 Å². The van der Waals surface area contributed by atoms with Gasteiger partial charge in [-0.15, -0.1) is 0 Å². The van der Waals surface area contributed by atoms with Crippen molar-refractivity contribution in [3.05, 3.63) is 35.9 Å². The van der Waals surface area contributed by atoms with Gasteiger partial charge in [-0.3, -0.25) is 4.90 Å². The molecule has 1 aliphatic heterocycles. The van der Waals surface area contributed by atoms with Crippen LogP contribution in [0.3, 0.4) is 0 Å². The molecule has 23 heavy (non-hydrogen) atoms. The summed E-state index contributed by atoms with van der Waals surface area (Å²) in [5, 5.41) is 0. The molecule has 0 N–H and O–H groups in total. The molecule has 6 heteroatoms. The highest BCUT2D eigenvalue weighted by molar-refractivity contribution is 7.89. The molecule has 1 aliphatic rings. The summed E-state index contributed by atoms with van der Waals surface area (Å²) in [7, 11) is -0.000985. The second-order valence-corrected chi connectivity index (χ2v) is 8.46. The second kappa shape index (κ2) is 8.24. The number of hydrogen-bond acceptors (Lipinski definition) is 4. The molecule has 0 unspecified atom stereocenters. The minimum absolute atomic E-state index is 0.0542. The normalized spacial score (nSPS) is 23.3. The predicted octanol–water partition coefficient (Wildman–Crippen LogP) is 1.95. The van der Waals surface area contributed by atoms with Crippen molar-refractivity contribution in [2.75, 3.05) is 33.1 Å². The van der Waals surface area contributed by atoms with Gasteiger partial charge < -0.3 is 4.74 Å². The SMILES string of the molecule is COCCS(=O)(=O)N(C)[C@@H]1CCN(Cc2ccccc2)[C@H](C)C1. The fourth-order valence-corrected chi connectivity index (χ4v) is 4.45. The number of methoxy groups -OCH3 is 1. The Morgan fingerprint density at radius 1 is 1.30 bits per heavy atom. The third kappa shape index (κ3) is 5.01. The Balaban J connectivity index is 1.93. The highest BCUT2D eigenvalue weighted by Crippen LogP contribution is 2.24. The summed E-state index contributed by atoms with van der Waals surface area (Å²) in [6.45, 7) is 4.28. The highest BCUT2D eigenvalue weighted by Gasteiger charge is 2.32. The van der Waals surface area contributed by atoms with Crippen molar-refractivity contribution >= 4 is 10.0 Å². The molecule has 0 amide bonds. The Morgan fingerprint density at radius 2 is 2.00 bits per heavy atom. The second-order valence-electron chi connectivity index (χ2n) is 6.31. The zero-order chi connectivity index (χ0) is 16.9. The van der Waals surface area contributed by atoms with Gasteiger partial charge in [0.25, 0.3) is 0 Å². The maximum absolute atomic E-state index is 12.3. The van der Waals surface area contributed by atoms with Crippen LogP contribution in [0.15, 0.2) is 30.3 Å². The summed E-state index contributed by atoms with van der Waals surface area (Å²) in [6.07, 6.45) is 1.75. The summed E-state index contributed by atoms with van der Waals surface area (Å²) >= 11 is 0. The summed E-state index contributed by atoms with van der Waals surface area (Å²) in [5.74, 6) is 0.0542. The fourth-order valence-electron chi connectivity index (χ4n) is 3.14. The Labute approximate surface area is 140 Å². The molecular weight excluding hydrogens is 312 g/mol. The first-order chi connectivity index (χ1) is 10.9. The lowest BCUT2D eigenvalue weighted by molar-refractivity contribution is 0.108. The van der Waals surface area contributed by atoms with Gasteiger partial charge in [-0.25, -0.2) is 12.7 Å². The van der Waals surface area contributed by atoms with Gasteiger partial charge in [0, 0.05) is 39.3 Å². The fraction of sp³-hybridized carbons (Fsp3) is 0.647. The average molecular weight is 340 g/mol. The number of sulfonamides is 1. The number of benzene rings is 1. The summed E-state index contributed by atoms with van der Waals surface area (Å²) in [6, 6.07) is 10.9. The number of piperidine rings is 1. The van der Waals surface area contributed by atoms with Crippen LogP contribution in [0.2, 0.25) is 0 Å². The third-order valence-corrected chi connectivity index (χ3v) is 6.57. The molecule has 0 radical (unpaired) electrons. The van der Waals surface area contributed by atoms with E-state index in [0.717, 1.165) is 25.9 Å². The van der Waals surface area contributed by atoms with Gasteiger partial charge in [0.2, 0.25) is 10.0 Å². The van der Waals surface area contributed by atoms with Crippen molar-refractivity contribution in [1.29, 1.82) is 0 Å². The van der Waals surface area contributed by atoms with Crippen LogP contribution >= 0.6 is 0 Å². The van der Waals surface area contributed by atoms with Crippen LogP contribution in [0, 0.1) is 0 Å². The summed E-state index contributed by atoms with van der Waals surface area (Å²) < 4.78 is 31.1. The lowest BCUT2D eigenvalue weighted by Gasteiger charge is -2.40. The quantitative estimate of drug-likeness (QED) is 0.761. The van der Waals surface area contributed by atoms with E-state index in [1.165, 1.54) is 12.7 Å². The molecule has 0 spiro atoms. The number of nitrogens with zero attached hydrogens (tertiary/aromatic N) is 2. The topological polar surface area (TPSA) is 49.9 Å². The predicted molar refractivity (Wildman–Crippen MR) is 92.8 cm³/mol. The van der Waals surface area contributed by atoms with Crippen LogP contribution in [0.25, 0.3) is 0 Å². The van der Waals surface area contributed by atoms with Crippen molar-refractivity contribution in [1.82, 2.24) is 9.21 Å². The number of hydrogen-bond donors (Lipinski definition) is 0. The summed E-state index contributed by atoms with van der Waals surface area (Å²) in [4.78, 5) is 2.43. The van der Waals surface area contributed by atoms with E-state index in [4.69, 9.17) is 4.74 Å². The molecule has 1 saturated heterocycles. The minimum atomic E-state index is -3.23. The van der Waals surface area contributed by atoms with E-state index in [-0.39, 0.29) is 18.4 Å². The van der Waals surface area contributed by atoms with Crippen LogP contribution in [-0.4, -0.2) is 62.8 Å². The van der Waals surface area contributed by atoms with E-state index < -0.39 is 10.0 Å². The molecule has 1 fully saturated rings. The molecule has 0 saturated carbocycles. The van der Waals surface area contributed by atoms with Gasteiger partial charge in [0.05, 0.1) is 12.4 Å². The third-order valence-electron chi connectivity index (χ3n) is 4.71. The molecule has 0 aromatic heterocycles. The molecule has 2 rings (SSSR count). The van der Waals surface area contributed by atoms with Gasteiger partial charge in [0.15, 0.2) is 0 Å². The van der Waals surface area contributed by atoms with E-state index in [2.05, 4.69) is 36.1 Å². The Hall–Kier alpha value is -0.950. The van der Waals surface area contributed by atoms with Gasteiger partial charge in [0.1, 0.15) is 0 Å². The average Bonchev–Trinajstić information content (AvgIpc) is 2.55. The van der Waals surface area contributed by atoms with E-state index in [1.54, 1.807) is 11.4 Å². The molecule has 1 aromatic carbocycles. The van der Waals surface area contributed by atoms with Gasteiger partial charge in [-0.2, -0.15) is 0 Å². The first-order valence-electron chi connectivity index (χ1n) is 8.16. The lowest BCUT2D eigenvalue weighted by atomic mass is 9.98. The van der Waals surface area contributed by atoms with E-state index >= 15 is 0 Å². The van der Waals surface area contributed by atoms with Crippen molar-refractivity contribution in [2.24, 2.45) is 0 Å². The first-order valence-corrected chi connectivity index (χ1v) is 9.77. The van der Waals surface area contributed by atoms with Crippen molar-refractivity contribution < 1.29 is 13.2 Å². The molecular formula is C17H28N2O3S. The maximum atomic E-state index is 12.3. The zero-order valence-electron chi connectivity index (χ0n) is 14.3. The molecule has 1 heterocycles. The number of rotatable bonds is 7. The molecule has 0 bridgehead atoms. The molecule has 130 valence electrons. The van der Waals surface area contributed by atoms with Crippen LogP contribution in [0.1, 0.15) is 25.3 Å². The smallest absolute Gasteiger partial charge is 0.216 e. The van der Waals surface area contributed by atoms with Crippen molar-refractivity contribution in [3.63, 3.8) is 0 Å². The number of likely N-dealkylation sites (tertiary alicyclic amines) is 1. The first kappa shape index (κ1) is 18.4. The zero-order valence-corrected chi connectivity index (χ0v) is 15.1. The monoisotopic (exact) mass is 340 g/mol. The van der Waals surface area contributed by atoms with Gasteiger partial charge >= 0.3 is 0 Å². The van der Waals surface area contributed by atoms with Crippen LogP contribution < -0.4 is 0 Å². The lowest BCUT2D eigenvalue weighted by Crippen LogP contribution is -2.49. The number of ether oxygens (including phenoxy) is 1. The van der Waals surface area contributed by atoms with Crippen molar-refractivity contribution in [3.8, 4) is 0 Å². The molecule has 0 aliphatic carbocycles. The van der Waals surface area contributed by atoms with E-state index in [9.17, 15) is 8.42 Å². The Kier molecular flexibility index (Phi) is 6.59. The molecule has 1 aromatic rings. The van der Waals surface area contributed by atoms with E-state index in [1.807, 2.05) is 6.07 Å². The largest absolute Gasteiger partial charge is 0.384 e. The Morgan fingerprint density at radius 3 is 2.61 bits per heavy atom. The maximum Gasteiger partial charge on any atom is 0.216 e. The standard InChI is InChI=1S/C17H28N2O3S/c1-15-13-17(18(2)23(20,21)12-11-22-3)9-10-19(15)14-16-7-5-4-6-8-16/h4-8,15,17H,9-14H2,1-3H3/t15-,17-/m1/s1. The van der Waals surface area contributed by atoms with E-state index in [0.29, 0.717) is 6.04 Å². The molecule has 2 atom stereocenters. The molecule has 5 nitrogen and oxygen atoms in total. The van der Waals surface area contributed by atoms with Crippen molar-refractivity contribution in [2.45, 2.75) is 38.4 Å². The Bertz CT molecular complexity index is 577. The summed E-state index contributed by atoms with van der Waals surface area (Å²) in [5.41, 5.74) is 1.30.